The molecule has 1 rings (SSSR count). The van der Waals surface area contributed by atoms with Gasteiger partial charge in [0.2, 0.25) is 0 Å². The largest absolute Gasteiger partial charge is 0.494 e. The molecular weight excluding hydrogens is 214 g/mol. The molecule has 0 aromatic heterocycles. The maximum absolute atomic E-state index is 5.93. The van der Waals surface area contributed by atoms with Gasteiger partial charge >= 0.3 is 0 Å². The molecule has 0 fully saturated rings. The Kier molecular flexibility index (Phi) is 5.84. The van der Waals surface area contributed by atoms with E-state index >= 15 is 0 Å². The number of likely N-dealkylation sites (N-methyl/N-ethyl adjacent to an activating group) is 1. The molecule has 0 spiro atoms. The highest BCUT2D eigenvalue weighted by Gasteiger charge is 2.13. The zero-order valence-corrected chi connectivity index (χ0v) is 11.2. The number of rotatable bonds is 7. The molecule has 17 heavy (non-hydrogen) atoms. The molecule has 0 saturated heterocycles. The van der Waals surface area contributed by atoms with Crippen LogP contribution in [0.1, 0.15) is 20.8 Å². The number of benzene rings is 1. The molecule has 0 amide bonds. The van der Waals surface area contributed by atoms with E-state index < -0.39 is 0 Å². The van der Waals surface area contributed by atoms with Crippen LogP contribution in [0, 0.1) is 5.92 Å². The summed E-state index contributed by atoms with van der Waals surface area (Å²) in [6, 6.07) is 7.79. The molecule has 1 aromatic carbocycles. The van der Waals surface area contributed by atoms with E-state index in [0.29, 0.717) is 12.5 Å². The predicted octanol–water partition coefficient (Wildman–Crippen LogP) is 2.71. The van der Waals surface area contributed by atoms with Crippen molar-refractivity contribution in [2.75, 3.05) is 20.2 Å². The van der Waals surface area contributed by atoms with E-state index in [0.717, 1.165) is 18.0 Å². The molecule has 0 radical (unpaired) electrons. The Bertz CT molecular complexity index is 309. The second-order valence-electron chi connectivity index (χ2n) is 4.36. The van der Waals surface area contributed by atoms with Crippen LogP contribution in [0.3, 0.4) is 0 Å². The van der Waals surface area contributed by atoms with Crippen LogP contribution in [0.4, 0.5) is 0 Å². The second-order valence-corrected chi connectivity index (χ2v) is 4.36. The Morgan fingerprint density at radius 1 is 1.12 bits per heavy atom. The Morgan fingerprint density at radius 3 is 2.18 bits per heavy atom. The second kappa shape index (κ2) is 7.17. The van der Waals surface area contributed by atoms with E-state index in [1.54, 1.807) is 0 Å². The summed E-state index contributed by atoms with van der Waals surface area (Å²) in [4.78, 5) is 0. The first-order valence-electron chi connectivity index (χ1n) is 6.21. The van der Waals surface area contributed by atoms with E-state index in [4.69, 9.17) is 9.47 Å². The lowest BCUT2D eigenvalue weighted by Gasteiger charge is -2.22. The van der Waals surface area contributed by atoms with E-state index in [-0.39, 0.29) is 6.10 Å². The standard InChI is InChI=1S/C14H23NO2/c1-5-16-12-6-8-13(9-7-12)17-14(10-15-4)11(2)3/h6-9,11,14-15H,5,10H2,1-4H3. The fourth-order valence-electron chi connectivity index (χ4n) is 1.57. The third kappa shape index (κ3) is 4.65. The third-order valence-electron chi connectivity index (χ3n) is 2.57. The van der Waals surface area contributed by atoms with Gasteiger partial charge in [-0.05, 0) is 44.2 Å². The Hall–Kier alpha value is -1.22. The van der Waals surface area contributed by atoms with E-state index in [2.05, 4.69) is 19.2 Å². The Morgan fingerprint density at radius 2 is 1.71 bits per heavy atom. The van der Waals surface area contributed by atoms with E-state index in [1.807, 2.05) is 38.2 Å². The molecule has 1 aromatic rings. The molecule has 1 atom stereocenters. The van der Waals surface area contributed by atoms with Crippen molar-refractivity contribution < 1.29 is 9.47 Å². The smallest absolute Gasteiger partial charge is 0.120 e. The van der Waals surface area contributed by atoms with Crippen molar-refractivity contribution in [3.8, 4) is 11.5 Å². The van der Waals surface area contributed by atoms with E-state index in [1.165, 1.54) is 0 Å². The van der Waals surface area contributed by atoms with Crippen molar-refractivity contribution >= 4 is 0 Å². The summed E-state index contributed by atoms with van der Waals surface area (Å²) in [6.45, 7) is 7.85. The maximum Gasteiger partial charge on any atom is 0.120 e. The topological polar surface area (TPSA) is 30.5 Å². The lowest BCUT2D eigenvalue weighted by molar-refractivity contribution is 0.151. The van der Waals surface area contributed by atoms with Gasteiger partial charge in [0.25, 0.3) is 0 Å². The van der Waals surface area contributed by atoms with Gasteiger partial charge in [0.05, 0.1) is 6.61 Å². The van der Waals surface area contributed by atoms with Crippen LogP contribution < -0.4 is 14.8 Å². The number of ether oxygens (including phenoxy) is 2. The van der Waals surface area contributed by atoms with Crippen LogP contribution in [0.25, 0.3) is 0 Å². The minimum Gasteiger partial charge on any atom is -0.494 e. The summed E-state index contributed by atoms with van der Waals surface area (Å²) >= 11 is 0. The Balaban J connectivity index is 2.60. The maximum atomic E-state index is 5.93. The summed E-state index contributed by atoms with van der Waals surface area (Å²) in [5.41, 5.74) is 0. The normalized spacial score (nSPS) is 12.5. The molecule has 3 nitrogen and oxygen atoms in total. The van der Waals surface area contributed by atoms with Gasteiger partial charge in [-0.2, -0.15) is 0 Å². The number of nitrogens with one attached hydrogen (secondary N) is 1. The lowest BCUT2D eigenvalue weighted by atomic mass is 10.1. The Labute approximate surface area is 104 Å². The third-order valence-corrected chi connectivity index (χ3v) is 2.57. The minimum atomic E-state index is 0.193. The number of hydrogen-bond acceptors (Lipinski definition) is 3. The molecule has 0 aliphatic carbocycles. The van der Waals surface area contributed by atoms with Crippen molar-refractivity contribution in [2.45, 2.75) is 26.9 Å². The summed E-state index contributed by atoms with van der Waals surface area (Å²) in [7, 11) is 1.94. The summed E-state index contributed by atoms with van der Waals surface area (Å²) < 4.78 is 11.3. The zero-order chi connectivity index (χ0) is 12.7. The van der Waals surface area contributed by atoms with Crippen LogP contribution in [-0.4, -0.2) is 26.3 Å². The lowest BCUT2D eigenvalue weighted by Crippen LogP contribution is -2.33. The van der Waals surface area contributed by atoms with Gasteiger partial charge in [0, 0.05) is 6.54 Å². The van der Waals surface area contributed by atoms with Gasteiger partial charge in [-0.15, -0.1) is 0 Å². The summed E-state index contributed by atoms with van der Waals surface area (Å²) in [5.74, 6) is 2.26. The first-order chi connectivity index (χ1) is 8.17. The molecule has 1 unspecified atom stereocenters. The van der Waals surface area contributed by atoms with Gasteiger partial charge in [-0.1, -0.05) is 13.8 Å². The fourth-order valence-corrected chi connectivity index (χ4v) is 1.57. The van der Waals surface area contributed by atoms with Crippen molar-refractivity contribution in [1.29, 1.82) is 0 Å². The SMILES string of the molecule is CCOc1ccc(OC(CNC)C(C)C)cc1. The van der Waals surface area contributed by atoms with Gasteiger partial charge in [0.15, 0.2) is 0 Å². The molecule has 3 heteroatoms. The van der Waals surface area contributed by atoms with E-state index in [9.17, 15) is 0 Å². The quantitative estimate of drug-likeness (QED) is 0.791. The summed E-state index contributed by atoms with van der Waals surface area (Å²) in [5, 5.41) is 3.15. The molecule has 1 N–H and O–H groups in total. The molecule has 0 aliphatic rings. The monoisotopic (exact) mass is 237 g/mol. The van der Waals surface area contributed by atoms with Crippen LogP contribution in [-0.2, 0) is 0 Å². The highest BCUT2D eigenvalue weighted by molar-refractivity contribution is 5.31. The van der Waals surface area contributed by atoms with Gasteiger partial charge in [-0.3, -0.25) is 0 Å². The average molecular weight is 237 g/mol. The highest BCUT2D eigenvalue weighted by Crippen LogP contribution is 2.20. The van der Waals surface area contributed by atoms with Crippen molar-refractivity contribution in [3.63, 3.8) is 0 Å². The van der Waals surface area contributed by atoms with Gasteiger partial charge < -0.3 is 14.8 Å². The molecule has 0 saturated carbocycles. The van der Waals surface area contributed by atoms with Crippen molar-refractivity contribution in [3.05, 3.63) is 24.3 Å². The first-order valence-corrected chi connectivity index (χ1v) is 6.21. The minimum absolute atomic E-state index is 0.193. The fraction of sp³-hybridized carbons (Fsp3) is 0.571. The van der Waals surface area contributed by atoms with Gasteiger partial charge in [0.1, 0.15) is 17.6 Å². The number of hydrogen-bond donors (Lipinski definition) is 1. The molecule has 96 valence electrons. The molecule has 0 aliphatic heterocycles. The van der Waals surface area contributed by atoms with Crippen LogP contribution in [0.15, 0.2) is 24.3 Å². The van der Waals surface area contributed by atoms with Crippen molar-refractivity contribution in [2.24, 2.45) is 5.92 Å². The summed E-state index contributed by atoms with van der Waals surface area (Å²) in [6.07, 6.45) is 0.193. The zero-order valence-electron chi connectivity index (χ0n) is 11.2. The average Bonchev–Trinajstić information content (AvgIpc) is 2.31. The van der Waals surface area contributed by atoms with Gasteiger partial charge in [-0.25, -0.2) is 0 Å². The van der Waals surface area contributed by atoms with Crippen LogP contribution in [0.2, 0.25) is 0 Å². The molecule has 0 bridgehead atoms. The molecule has 0 heterocycles. The van der Waals surface area contributed by atoms with Crippen LogP contribution >= 0.6 is 0 Å². The predicted molar refractivity (Wildman–Crippen MR) is 70.8 cm³/mol. The van der Waals surface area contributed by atoms with Crippen LogP contribution in [0.5, 0.6) is 11.5 Å². The molecular formula is C14H23NO2. The first kappa shape index (κ1) is 13.8. The van der Waals surface area contributed by atoms with Crippen molar-refractivity contribution in [1.82, 2.24) is 5.32 Å². The highest BCUT2D eigenvalue weighted by atomic mass is 16.5.